The minimum atomic E-state index is -0.517. The highest BCUT2D eigenvalue weighted by Crippen LogP contribution is 2.27. The molecule has 0 atom stereocenters. The van der Waals surface area contributed by atoms with Gasteiger partial charge in [-0.25, -0.2) is 0 Å². The van der Waals surface area contributed by atoms with Gasteiger partial charge in [-0.1, -0.05) is 27.5 Å². The lowest BCUT2D eigenvalue weighted by Gasteiger charge is -2.09. The fourth-order valence-electron chi connectivity index (χ4n) is 1.47. The van der Waals surface area contributed by atoms with E-state index in [1.165, 1.54) is 6.20 Å². The summed E-state index contributed by atoms with van der Waals surface area (Å²) in [5.41, 5.74) is 4.83. The lowest BCUT2D eigenvalue weighted by molar-refractivity contribution is -0.123. The number of pyridine rings is 1. The predicted molar refractivity (Wildman–Crippen MR) is 84.5 cm³/mol. The topological polar surface area (TPSA) is 80.3 Å². The first kappa shape index (κ1) is 16.3. The van der Waals surface area contributed by atoms with E-state index in [2.05, 4.69) is 31.8 Å². The van der Waals surface area contributed by atoms with E-state index in [4.69, 9.17) is 16.3 Å². The Morgan fingerprint density at radius 1 is 1.27 bits per heavy atom. The van der Waals surface area contributed by atoms with Crippen LogP contribution in [-0.4, -0.2) is 23.4 Å². The molecule has 1 aromatic heterocycles. The maximum absolute atomic E-state index is 11.7. The quantitative estimate of drug-likeness (QED) is 0.793. The van der Waals surface area contributed by atoms with E-state index in [1.807, 2.05) is 0 Å². The average Bonchev–Trinajstić information content (AvgIpc) is 2.52. The Balaban J connectivity index is 1.80. The largest absolute Gasteiger partial charge is 0.482 e. The molecule has 0 fully saturated rings. The van der Waals surface area contributed by atoms with Crippen molar-refractivity contribution in [1.82, 2.24) is 15.8 Å². The van der Waals surface area contributed by atoms with E-state index >= 15 is 0 Å². The minimum absolute atomic E-state index is 0.283. The third-order valence-electron chi connectivity index (χ3n) is 2.49. The highest BCUT2D eigenvalue weighted by Gasteiger charge is 2.09. The van der Waals surface area contributed by atoms with Gasteiger partial charge in [0, 0.05) is 16.9 Å². The van der Waals surface area contributed by atoms with Crippen LogP contribution in [0.5, 0.6) is 5.75 Å². The number of hydrogen-bond acceptors (Lipinski definition) is 4. The first-order valence-electron chi connectivity index (χ1n) is 6.13. The van der Waals surface area contributed by atoms with Crippen LogP contribution >= 0.6 is 27.5 Å². The fourth-order valence-corrected chi connectivity index (χ4v) is 2.20. The SMILES string of the molecule is O=C(COc1ccc(Br)cc1Cl)NNC(=O)c1cccnc1. The zero-order valence-corrected chi connectivity index (χ0v) is 13.5. The Bertz CT molecular complexity index is 682. The lowest BCUT2D eigenvalue weighted by atomic mass is 10.3. The first-order chi connectivity index (χ1) is 10.6. The molecule has 0 radical (unpaired) electrons. The Morgan fingerprint density at radius 2 is 2.09 bits per heavy atom. The number of nitrogens with zero attached hydrogens (tertiary/aromatic N) is 1. The summed E-state index contributed by atoms with van der Waals surface area (Å²) in [6, 6.07) is 8.22. The predicted octanol–water partition coefficient (Wildman–Crippen LogP) is 2.34. The molecule has 0 aliphatic carbocycles. The molecular formula is C14H11BrClN3O3. The van der Waals surface area contributed by atoms with Gasteiger partial charge in [0.25, 0.3) is 11.8 Å². The fraction of sp³-hybridized carbons (Fsp3) is 0.0714. The van der Waals surface area contributed by atoms with Gasteiger partial charge >= 0.3 is 0 Å². The molecule has 1 aromatic carbocycles. The number of ether oxygens (including phenoxy) is 1. The van der Waals surface area contributed by atoms with Crippen LogP contribution in [0.3, 0.4) is 0 Å². The highest BCUT2D eigenvalue weighted by atomic mass is 79.9. The summed E-state index contributed by atoms with van der Waals surface area (Å²) in [5, 5.41) is 0.376. The Kier molecular flexibility index (Phi) is 5.74. The molecule has 0 bridgehead atoms. The summed E-state index contributed by atoms with van der Waals surface area (Å²) in [6.07, 6.45) is 2.94. The standard InChI is InChI=1S/C14H11BrClN3O3/c15-10-3-4-12(11(16)6-10)22-8-13(20)18-19-14(21)9-2-1-5-17-7-9/h1-7H,8H2,(H,18,20)(H,19,21). The van der Waals surface area contributed by atoms with Crippen molar-refractivity contribution in [2.75, 3.05) is 6.61 Å². The van der Waals surface area contributed by atoms with Gasteiger partial charge in [-0.3, -0.25) is 25.4 Å². The van der Waals surface area contributed by atoms with Gasteiger partial charge in [-0.15, -0.1) is 0 Å². The number of hydrogen-bond donors (Lipinski definition) is 2. The number of amides is 2. The molecule has 2 amide bonds. The maximum Gasteiger partial charge on any atom is 0.276 e. The summed E-state index contributed by atoms with van der Waals surface area (Å²) >= 11 is 9.22. The number of rotatable bonds is 4. The molecule has 0 aliphatic rings. The van der Waals surface area contributed by atoms with Crippen LogP contribution in [0.2, 0.25) is 5.02 Å². The van der Waals surface area contributed by atoms with Crippen molar-refractivity contribution in [3.8, 4) is 5.75 Å². The molecule has 0 spiro atoms. The van der Waals surface area contributed by atoms with Crippen molar-refractivity contribution < 1.29 is 14.3 Å². The summed E-state index contributed by atoms with van der Waals surface area (Å²) in [5.74, 6) is -0.613. The second-order valence-corrected chi connectivity index (χ2v) is 5.43. The molecule has 0 aliphatic heterocycles. The van der Waals surface area contributed by atoms with Crippen LogP contribution in [-0.2, 0) is 4.79 Å². The second kappa shape index (κ2) is 7.77. The smallest absolute Gasteiger partial charge is 0.276 e. The molecule has 114 valence electrons. The molecule has 8 heteroatoms. The van der Waals surface area contributed by atoms with Crippen molar-refractivity contribution >= 4 is 39.3 Å². The van der Waals surface area contributed by atoms with Crippen molar-refractivity contribution in [3.63, 3.8) is 0 Å². The molecule has 1 heterocycles. The van der Waals surface area contributed by atoms with Gasteiger partial charge in [0.2, 0.25) is 0 Å². The number of nitrogens with one attached hydrogen (secondary N) is 2. The van der Waals surface area contributed by atoms with Crippen LogP contribution in [0.1, 0.15) is 10.4 Å². The summed E-state index contributed by atoms with van der Waals surface area (Å²) in [7, 11) is 0. The third kappa shape index (κ3) is 4.71. The lowest BCUT2D eigenvalue weighted by Crippen LogP contribution is -2.43. The number of carbonyl (C=O) groups is 2. The highest BCUT2D eigenvalue weighted by molar-refractivity contribution is 9.10. The summed E-state index contributed by atoms with van der Waals surface area (Å²) in [6.45, 7) is -0.283. The van der Waals surface area contributed by atoms with Crippen LogP contribution in [0.15, 0.2) is 47.2 Å². The van der Waals surface area contributed by atoms with E-state index in [0.29, 0.717) is 16.3 Å². The van der Waals surface area contributed by atoms with Gasteiger partial charge in [0.1, 0.15) is 5.75 Å². The number of halogens is 2. The van der Waals surface area contributed by atoms with E-state index in [-0.39, 0.29) is 6.61 Å². The second-order valence-electron chi connectivity index (χ2n) is 4.11. The molecule has 22 heavy (non-hydrogen) atoms. The molecule has 2 aromatic rings. The molecule has 0 saturated carbocycles. The maximum atomic E-state index is 11.7. The van der Waals surface area contributed by atoms with Crippen molar-refractivity contribution in [1.29, 1.82) is 0 Å². The summed E-state index contributed by atoms with van der Waals surface area (Å²) < 4.78 is 6.07. The van der Waals surface area contributed by atoms with Crippen molar-refractivity contribution in [3.05, 3.63) is 57.8 Å². The zero-order chi connectivity index (χ0) is 15.9. The van der Waals surface area contributed by atoms with Gasteiger partial charge in [0.05, 0.1) is 10.6 Å². The number of aromatic nitrogens is 1. The van der Waals surface area contributed by atoms with Crippen LogP contribution in [0, 0.1) is 0 Å². The number of carbonyl (C=O) groups excluding carboxylic acids is 2. The van der Waals surface area contributed by atoms with Gasteiger partial charge in [0.15, 0.2) is 6.61 Å². The van der Waals surface area contributed by atoms with Crippen LogP contribution in [0.4, 0.5) is 0 Å². The molecule has 2 N–H and O–H groups in total. The number of hydrazine groups is 1. The van der Waals surface area contributed by atoms with Crippen LogP contribution < -0.4 is 15.6 Å². The van der Waals surface area contributed by atoms with Gasteiger partial charge in [-0.2, -0.15) is 0 Å². The zero-order valence-electron chi connectivity index (χ0n) is 11.2. The molecule has 2 rings (SSSR count). The van der Waals surface area contributed by atoms with E-state index < -0.39 is 11.8 Å². The molecule has 0 unspecified atom stereocenters. The Hall–Kier alpha value is -2.12. The molecular weight excluding hydrogens is 374 g/mol. The third-order valence-corrected chi connectivity index (χ3v) is 3.28. The normalized spacial score (nSPS) is 9.91. The van der Waals surface area contributed by atoms with E-state index in [1.54, 1.807) is 36.5 Å². The van der Waals surface area contributed by atoms with Gasteiger partial charge in [-0.05, 0) is 30.3 Å². The molecule has 6 nitrogen and oxygen atoms in total. The average molecular weight is 385 g/mol. The van der Waals surface area contributed by atoms with E-state index in [9.17, 15) is 9.59 Å². The first-order valence-corrected chi connectivity index (χ1v) is 7.30. The van der Waals surface area contributed by atoms with Crippen molar-refractivity contribution in [2.24, 2.45) is 0 Å². The van der Waals surface area contributed by atoms with Gasteiger partial charge < -0.3 is 4.74 Å². The molecule has 0 saturated heterocycles. The van der Waals surface area contributed by atoms with Crippen LogP contribution in [0.25, 0.3) is 0 Å². The summed E-state index contributed by atoms with van der Waals surface area (Å²) in [4.78, 5) is 27.1. The monoisotopic (exact) mass is 383 g/mol. The number of benzene rings is 1. The van der Waals surface area contributed by atoms with Crippen molar-refractivity contribution in [2.45, 2.75) is 0 Å². The Labute approximate surface area is 139 Å². The van der Waals surface area contributed by atoms with E-state index in [0.717, 1.165) is 4.47 Å². The minimum Gasteiger partial charge on any atom is -0.482 e. The Morgan fingerprint density at radius 3 is 2.77 bits per heavy atom.